The summed E-state index contributed by atoms with van der Waals surface area (Å²) in [7, 11) is 0. The largest absolute Gasteiger partial charge is 0.370 e. The summed E-state index contributed by atoms with van der Waals surface area (Å²) in [5, 5.41) is 7.75. The van der Waals surface area contributed by atoms with Gasteiger partial charge in [-0.1, -0.05) is 51.9 Å². The smallest absolute Gasteiger partial charge is 0.157 e. The number of anilines is 1. The predicted octanol–water partition coefficient (Wildman–Crippen LogP) is 4.59. The molecular formula is C17H28N4. The molecule has 0 unspecified atom stereocenters. The highest BCUT2D eigenvalue weighted by Crippen LogP contribution is 2.14. The fourth-order valence-corrected chi connectivity index (χ4v) is 2.66. The van der Waals surface area contributed by atoms with E-state index in [9.17, 15) is 0 Å². The van der Waals surface area contributed by atoms with Crippen molar-refractivity contribution in [1.82, 2.24) is 14.6 Å². The van der Waals surface area contributed by atoms with Crippen LogP contribution in [0, 0.1) is 6.92 Å². The van der Waals surface area contributed by atoms with E-state index in [-0.39, 0.29) is 0 Å². The number of unbranched alkanes of at least 4 members (excludes halogenated alkanes) is 7. The van der Waals surface area contributed by atoms with E-state index >= 15 is 0 Å². The minimum absolute atomic E-state index is 0.911. The Morgan fingerprint density at radius 2 is 1.71 bits per heavy atom. The maximum atomic E-state index is 4.26. The summed E-state index contributed by atoms with van der Waals surface area (Å²) in [5.41, 5.74) is 2.13. The van der Waals surface area contributed by atoms with Crippen LogP contribution in [-0.4, -0.2) is 21.1 Å². The third kappa shape index (κ3) is 5.03. The Morgan fingerprint density at radius 3 is 2.48 bits per heavy atom. The summed E-state index contributed by atoms with van der Waals surface area (Å²) in [6, 6.07) is 4.18. The molecule has 0 aliphatic rings. The molecule has 0 amide bonds. The maximum absolute atomic E-state index is 4.26. The van der Waals surface area contributed by atoms with Gasteiger partial charge < -0.3 is 5.32 Å². The molecule has 0 fully saturated rings. The first-order valence-corrected chi connectivity index (χ1v) is 8.35. The monoisotopic (exact) mass is 288 g/mol. The maximum Gasteiger partial charge on any atom is 0.157 e. The van der Waals surface area contributed by atoms with Gasteiger partial charge in [0, 0.05) is 6.54 Å². The van der Waals surface area contributed by atoms with Gasteiger partial charge in [0.2, 0.25) is 0 Å². The number of rotatable bonds is 10. The molecule has 0 saturated carbocycles. The lowest BCUT2D eigenvalue weighted by atomic mass is 10.1. The first kappa shape index (κ1) is 15.8. The van der Waals surface area contributed by atoms with Gasteiger partial charge in [0.05, 0.1) is 0 Å². The summed E-state index contributed by atoms with van der Waals surface area (Å²) in [5.74, 6) is 1.05. The van der Waals surface area contributed by atoms with Gasteiger partial charge in [0.25, 0.3) is 0 Å². The number of nitrogens with one attached hydrogen (secondary N) is 1. The van der Waals surface area contributed by atoms with Gasteiger partial charge in [-0.05, 0) is 31.0 Å². The second-order valence-electron chi connectivity index (χ2n) is 5.85. The first-order valence-electron chi connectivity index (χ1n) is 8.35. The SMILES string of the molecule is CCCCCCCCCCNc1cc(C)cc2ncnn12. The van der Waals surface area contributed by atoms with Gasteiger partial charge in [-0.3, -0.25) is 0 Å². The number of fused-ring (bicyclic) bond motifs is 1. The summed E-state index contributed by atoms with van der Waals surface area (Å²) in [6.45, 7) is 5.37. The minimum Gasteiger partial charge on any atom is -0.370 e. The van der Waals surface area contributed by atoms with Crippen LogP contribution in [-0.2, 0) is 0 Å². The van der Waals surface area contributed by atoms with Crippen molar-refractivity contribution in [2.45, 2.75) is 65.2 Å². The van der Waals surface area contributed by atoms with Crippen molar-refractivity contribution >= 4 is 11.5 Å². The summed E-state index contributed by atoms with van der Waals surface area (Å²) in [6.07, 6.45) is 12.4. The van der Waals surface area contributed by atoms with Crippen molar-refractivity contribution in [3.8, 4) is 0 Å². The lowest BCUT2D eigenvalue weighted by Crippen LogP contribution is -2.07. The molecule has 1 N–H and O–H groups in total. The molecular weight excluding hydrogens is 260 g/mol. The average Bonchev–Trinajstić information content (AvgIpc) is 2.93. The van der Waals surface area contributed by atoms with E-state index in [2.05, 4.69) is 41.4 Å². The van der Waals surface area contributed by atoms with Gasteiger partial charge in [-0.25, -0.2) is 4.98 Å². The molecule has 2 aromatic rings. The lowest BCUT2D eigenvalue weighted by molar-refractivity contribution is 0.581. The number of hydrogen-bond donors (Lipinski definition) is 1. The number of hydrogen-bond acceptors (Lipinski definition) is 3. The molecule has 2 rings (SSSR count). The fourth-order valence-electron chi connectivity index (χ4n) is 2.66. The third-order valence-corrected chi connectivity index (χ3v) is 3.86. The van der Waals surface area contributed by atoms with Crippen LogP contribution >= 0.6 is 0 Å². The van der Waals surface area contributed by atoms with E-state index in [0.29, 0.717) is 0 Å². The van der Waals surface area contributed by atoms with Crippen LogP contribution in [0.25, 0.3) is 5.65 Å². The van der Waals surface area contributed by atoms with E-state index in [1.807, 2.05) is 4.52 Å². The Morgan fingerprint density at radius 1 is 1.00 bits per heavy atom. The summed E-state index contributed by atoms with van der Waals surface area (Å²) >= 11 is 0. The molecule has 4 nitrogen and oxygen atoms in total. The highest BCUT2D eigenvalue weighted by atomic mass is 15.3. The standard InChI is InChI=1S/C17H28N4/c1-3-4-5-6-7-8-9-10-11-18-16-12-15(2)13-17-19-14-20-21(16)17/h12-14,18H,3-11H2,1-2H3. The highest BCUT2D eigenvalue weighted by Gasteiger charge is 2.03. The molecule has 0 bridgehead atoms. The van der Waals surface area contributed by atoms with Gasteiger partial charge in [0.1, 0.15) is 12.1 Å². The fraction of sp³-hybridized carbons (Fsp3) is 0.647. The van der Waals surface area contributed by atoms with E-state index in [1.54, 1.807) is 6.33 Å². The highest BCUT2D eigenvalue weighted by molar-refractivity contribution is 5.51. The van der Waals surface area contributed by atoms with Gasteiger partial charge >= 0.3 is 0 Å². The second-order valence-corrected chi connectivity index (χ2v) is 5.85. The van der Waals surface area contributed by atoms with Crippen LogP contribution in [0.4, 0.5) is 5.82 Å². The number of nitrogens with zero attached hydrogens (tertiary/aromatic N) is 3. The molecule has 4 heteroatoms. The van der Waals surface area contributed by atoms with Crippen LogP contribution in [0.1, 0.15) is 63.9 Å². The zero-order valence-electron chi connectivity index (χ0n) is 13.4. The van der Waals surface area contributed by atoms with Gasteiger partial charge in [-0.15, -0.1) is 0 Å². The zero-order chi connectivity index (χ0) is 14.9. The van der Waals surface area contributed by atoms with Crippen LogP contribution < -0.4 is 5.32 Å². The minimum atomic E-state index is 0.911. The first-order chi connectivity index (χ1) is 10.3. The molecule has 0 aliphatic heterocycles. The second kappa shape index (κ2) is 8.65. The van der Waals surface area contributed by atoms with E-state index < -0.39 is 0 Å². The quantitative estimate of drug-likeness (QED) is 0.650. The Balaban J connectivity index is 1.65. The Bertz CT molecular complexity index is 533. The number of aromatic nitrogens is 3. The number of aryl methyl sites for hydroxylation is 1. The van der Waals surface area contributed by atoms with Crippen LogP contribution in [0.15, 0.2) is 18.5 Å². The van der Waals surface area contributed by atoms with E-state index in [0.717, 1.165) is 18.0 Å². The van der Waals surface area contributed by atoms with Crippen molar-refractivity contribution in [3.63, 3.8) is 0 Å². The van der Waals surface area contributed by atoms with E-state index in [4.69, 9.17) is 0 Å². The molecule has 0 aliphatic carbocycles. The Labute approximate surface area is 128 Å². The van der Waals surface area contributed by atoms with E-state index in [1.165, 1.54) is 56.9 Å². The summed E-state index contributed by atoms with van der Waals surface area (Å²) < 4.78 is 1.87. The third-order valence-electron chi connectivity index (χ3n) is 3.86. The van der Waals surface area contributed by atoms with Gasteiger partial charge in [0.15, 0.2) is 5.65 Å². The topological polar surface area (TPSA) is 42.2 Å². The Kier molecular flexibility index (Phi) is 6.51. The molecule has 2 aromatic heterocycles. The number of pyridine rings is 1. The lowest BCUT2D eigenvalue weighted by Gasteiger charge is -2.09. The van der Waals surface area contributed by atoms with Crippen LogP contribution in [0.5, 0.6) is 0 Å². The van der Waals surface area contributed by atoms with Gasteiger partial charge in [-0.2, -0.15) is 9.61 Å². The zero-order valence-corrected chi connectivity index (χ0v) is 13.4. The van der Waals surface area contributed by atoms with Crippen molar-refractivity contribution < 1.29 is 0 Å². The summed E-state index contributed by atoms with van der Waals surface area (Å²) in [4.78, 5) is 4.25. The molecule has 21 heavy (non-hydrogen) atoms. The van der Waals surface area contributed by atoms with Crippen molar-refractivity contribution in [2.75, 3.05) is 11.9 Å². The Hall–Kier alpha value is -1.58. The van der Waals surface area contributed by atoms with Crippen molar-refractivity contribution in [3.05, 3.63) is 24.0 Å². The molecule has 0 radical (unpaired) electrons. The van der Waals surface area contributed by atoms with Crippen molar-refractivity contribution in [1.29, 1.82) is 0 Å². The predicted molar refractivity (Wildman–Crippen MR) is 88.8 cm³/mol. The molecule has 116 valence electrons. The normalized spacial score (nSPS) is 11.1. The molecule has 2 heterocycles. The van der Waals surface area contributed by atoms with Crippen LogP contribution in [0.2, 0.25) is 0 Å². The molecule has 0 saturated heterocycles. The molecule has 0 aromatic carbocycles. The van der Waals surface area contributed by atoms with Crippen LogP contribution in [0.3, 0.4) is 0 Å². The molecule has 0 spiro atoms. The molecule has 0 atom stereocenters. The average molecular weight is 288 g/mol. The van der Waals surface area contributed by atoms with Crippen molar-refractivity contribution in [2.24, 2.45) is 0 Å².